The molecule has 2 aromatic heterocycles. The van der Waals surface area contributed by atoms with Crippen LogP contribution >= 0.6 is 0 Å². The van der Waals surface area contributed by atoms with Crippen LogP contribution in [0.25, 0.3) is 33.7 Å². The van der Waals surface area contributed by atoms with Gasteiger partial charge >= 0.3 is 5.97 Å². The number of pyridine rings is 1. The van der Waals surface area contributed by atoms with Crippen molar-refractivity contribution in [1.29, 1.82) is 0 Å². The zero-order valence-electron chi connectivity index (χ0n) is 23.4. The topological polar surface area (TPSA) is 120 Å². The molecule has 1 aliphatic rings. The first-order valence-electron chi connectivity index (χ1n) is 13.9. The lowest BCUT2D eigenvalue weighted by Gasteiger charge is -2.14. The molecule has 210 valence electrons. The molecular weight excluding hydrogens is 528 g/mol. The van der Waals surface area contributed by atoms with Crippen molar-refractivity contribution in [2.75, 3.05) is 11.9 Å². The Kier molecular flexibility index (Phi) is 7.04. The second-order valence-corrected chi connectivity index (χ2v) is 10.4. The number of carbonyl (C=O) groups excluding carboxylic acids is 2. The number of nitrogens with zero attached hydrogens (tertiary/aromatic N) is 2. The van der Waals surface area contributed by atoms with Gasteiger partial charge in [-0.3, -0.25) is 9.59 Å². The molecular formula is C34H30N4O4. The van der Waals surface area contributed by atoms with Gasteiger partial charge in [0, 0.05) is 16.7 Å². The van der Waals surface area contributed by atoms with Crippen LogP contribution in [0.15, 0.2) is 95.5 Å². The summed E-state index contributed by atoms with van der Waals surface area (Å²) in [6, 6.07) is 28.9. The SMILES string of the molecule is CCOC(=O)C1(c2ccc(-c3ccc(-c4onc(C)c4Nc4cccc(-c5cccc(C(N)=O)c5)n4)cc3)cc2)CC1. The summed E-state index contributed by atoms with van der Waals surface area (Å²) in [6.45, 7) is 4.10. The summed E-state index contributed by atoms with van der Waals surface area (Å²) < 4.78 is 11.0. The zero-order chi connectivity index (χ0) is 29.3. The number of carbonyl (C=O) groups is 2. The monoisotopic (exact) mass is 558 g/mol. The molecule has 2 heterocycles. The highest BCUT2D eigenvalue weighted by atomic mass is 16.5. The molecule has 8 heteroatoms. The summed E-state index contributed by atoms with van der Waals surface area (Å²) in [6.07, 6.45) is 1.66. The van der Waals surface area contributed by atoms with Gasteiger partial charge in [-0.25, -0.2) is 4.98 Å². The second-order valence-electron chi connectivity index (χ2n) is 10.4. The van der Waals surface area contributed by atoms with E-state index < -0.39 is 11.3 Å². The molecule has 3 aromatic carbocycles. The number of rotatable bonds is 9. The number of aryl methyl sites for hydroxylation is 1. The van der Waals surface area contributed by atoms with Crippen LogP contribution < -0.4 is 11.1 Å². The number of esters is 1. The second kappa shape index (κ2) is 11.0. The predicted molar refractivity (Wildman–Crippen MR) is 161 cm³/mol. The van der Waals surface area contributed by atoms with Crippen LogP contribution in [0.2, 0.25) is 0 Å². The van der Waals surface area contributed by atoms with Crippen LogP contribution in [0.5, 0.6) is 0 Å². The molecule has 8 nitrogen and oxygen atoms in total. The molecule has 6 rings (SSSR count). The maximum atomic E-state index is 12.5. The standard InChI is InChI=1S/C34H30N4O4/c1-3-41-33(40)34(18-19-34)27-16-14-23(15-17-27)22-10-12-24(13-11-22)31-30(21(2)38-42-31)37-29-9-5-8-28(36-29)25-6-4-7-26(20-25)32(35)39/h4-17,20H,3,18-19H2,1-2H3,(H2,35,39)(H,36,37). The van der Waals surface area contributed by atoms with Crippen LogP contribution in [0, 0.1) is 6.92 Å². The number of amides is 1. The van der Waals surface area contributed by atoms with Gasteiger partial charge in [0.1, 0.15) is 17.2 Å². The van der Waals surface area contributed by atoms with Crippen molar-refractivity contribution < 1.29 is 18.8 Å². The molecule has 0 bridgehead atoms. The molecule has 1 saturated carbocycles. The highest BCUT2D eigenvalue weighted by Crippen LogP contribution is 2.49. The van der Waals surface area contributed by atoms with E-state index in [1.54, 1.807) is 18.2 Å². The molecule has 0 radical (unpaired) electrons. The fourth-order valence-corrected chi connectivity index (χ4v) is 5.14. The third kappa shape index (κ3) is 5.14. The minimum atomic E-state index is -0.487. The van der Waals surface area contributed by atoms with Gasteiger partial charge in [0.05, 0.1) is 17.7 Å². The van der Waals surface area contributed by atoms with E-state index in [0.29, 0.717) is 35.1 Å². The number of hydrogen-bond donors (Lipinski definition) is 2. The highest BCUT2D eigenvalue weighted by Gasteiger charge is 2.52. The lowest BCUT2D eigenvalue weighted by molar-refractivity contribution is -0.146. The maximum Gasteiger partial charge on any atom is 0.316 e. The number of benzene rings is 3. The van der Waals surface area contributed by atoms with Crippen molar-refractivity contribution >= 4 is 23.4 Å². The summed E-state index contributed by atoms with van der Waals surface area (Å²) in [5, 5.41) is 7.55. The van der Waals surface area contributed by atoms with Gasteiger partial charge in [0.25, 0.3) is 0 Å². The molecule has 0 unspecified atom stereocenters. The smallest absolute Gasteiger partial charge is 0.316 e. The first-order valence-corrected chi connectivity index (χ1v) is 13.9. The van der Waals surface area contributed by atoms with E-state index in [2.05, 4.69) is 10.5 Å². The molecule has 0 saturated heterocycles. The van der Waals surface area contributed by atoms with E-state index in [9.17, 15) is 9.59 Å². The quantitative estimate of drug-likeness (QED) is 0.191. The molecule has 0 aliphatic heterocycles. The van der Waals surface area contributed by atoms with Gasteiger partial charge in [-0.15, -0.1) is 0 Å². The van der Waals surface area contributed by atoms with Gasteiger partial charge in [-0.2, -0.15) is 0 Å². The Labute approximate surface area is 243 Å². The number of hydrogen-bond acceptors (Lipinski definition) is 7. The summed E-state index contributed by atoms with van der Waals surface area (Å²) in [5.41, 5.74) is 12.3. The normalized spacial score (nSPS) is 13.4. The van der Waals surface area contributed by atoms with Crippen molar-refractivity contribution in [1.82, 2.24) is 10.1 Å². The average molecular weight is 559 g/mol. The van der Waals surface area contributed by atoms with Crippen molar-refractivity contribution in [2.24, 2.45) is 5.73 Å². The van der Waals surface area contributed by atoms with Crippen molar-refractivity contribution in [3.8, 4) is 33.7 Å². The summed E-state index contributed by atoms with van der Waals surface area (Å²) in [4.78, 5) is 28.8. The van der Waals surface area contributed by atoms with Gasteiger partial charge in [0.2, 0.25) is 5.91 Å². The minimum Gasteiger partial charge on any atom is -0.465 e. The Bertz CT molecular complexity index is 1770. The number of nitrogens with one attached hydrogen (secondary N) is 1. The first-order chi connectivity index (χ1) is 20.4. The summed E-state index contributed by atoms with van der Waals surface area (Å²) in [5.74, 6) is 0.590. The number of aromatic nitrogens is 2. The largest absolute Gasteiger partial charge is 0.465 e. The van der Waals surface area contributed by atoms with E-state index in [0.717, 1.165) is 46.3 Å². The van der Waals surface area contributed by atoms with Crippen LogP contribution in [-0.2, 0) is 14.9 Å². The Morgan fingerprint density at radius 1 is 0.905 bits per heavy atom. The van der Waals surface area contributed by atoms with E-state index in [4.69, 9.17) is 20.0 Å². The highest BCUT2D eigenvalue weighted by molar-refractivity contribution is 5.94. The molecule has 0 atom stereocenters. The van der Waals surface area contributed by atoms with Crippen molar-refractivity contribution in [3.63, 3.8) is 0 Å². The fraction of sp³-hybridized carbons (Fsp3) is 0.176. The maximum absolute atomic E-state index is 12.5. The van der Waals surface area contributed by atoms with Crippen LogP contribution in [-0.4, -0.2) is 28.6 Å². The van der Waals surface area contributed by atoms with Gasteiger partial charge < -0.3 is 20.3 Å². The third-order valence-corrected chi connectivity index (χ3v) is 7.64. The summed E-state index contributed by atoms with van der Waals surface area (Å²) >= 11 is 0. The average Bonchev–Trinajstić information content (AvgIpc) is 3.76. The fourth-order valence-electron chi connectivity index (χ4n) is 5.14. The predicted octanol–water partition coefficient (Wildman–Crippen LogP) is 6.82. The lowest BCUT2D eigenvalue weighted by Crippen LogP contribution is -2.23. The van der Waals surface area contributed by atoms with Crippen molar-refractivity contribution in [2.45, 2.75) is 32.1 Å². The lowest BCUT2D eigenvalue weighted by atomic mass is 9.93. The molecule has 0 spiro atoms. The van der Waals surface area contributed by atoms with Crippen LogP contribution in [0.1, 0.15) is 41.4 Å². The number of primary amides is 1. The molecule has 1 amide bonds. The van der Waals surface area contributed by atoms with E-state index >= 15 is 0 Å². The first kappa shape index (κ1) is 27.0. The van der Waals surface area contributed by atoms with Gasteiger partial charge in [-0.1, -0.05) is 71.9 Å². The van der Waals surface area contributed by atoms with Gasteiger partial charge in [-0.05, 0) is 67.6 Å². The Hall–Kier alpha value is -5.24. The zero-order valence-corrected chi connectivity index (χ0v) is 23.4. The Morgan fingerprint density at radius 3 is 2.24 bits per heavy atom. The van der Waals surface area contributed by atoms with E-state index in [1.807, 2.05) is 86.6 Å². The molecule has 42 heavy (non-hydrogen) atoms. The minimum absolute atomic E-state index is 0.131. The van der Waals surface area contributed by atoms with Crippen LogP contribution in [0.4, 0.5) is 11.5 Å². The molecule has 5 aromatic rings. The number of ether oxygens (including phenoxy) is 1. The number of nitrogens with two attached hydrogens (primary N) is 1. The number of anilines is 2. The molecule has 1 fully saturated rings. The Balaban J connectivity index is 1.22. The molecule has 3 N–H and O–H groups in total. The van der Waals surface area contributed by atoms with Gasteiger partial charge in [0.15, 0.2) is 5.76 Å². The van der Waals surface area contributed by atoms with Crippen molar-refractivity contribution in [3.05, 3.63) is 108 Å². The van der Waals surface area contributed by atoms with E-state index in [-0.39, 0.29) is 5.97 Å². The third-order valence-electron chi connectivity index (χ3n) is 7.64. The molecule has 1 aliphatic carbocycles. The Morgan fingerprint density at radius 2 is 1.57 bits per heavy atom. The van der Waals surface area contributed by atoms with Crippen LogP contribution in [0.3, 0.4) is 0 Å². The summed E-state index contributed by atoms with van der Waals surface area (Å²) in [7, 11) is 0. The van der Waals surface area contributed by atoms with E-state index in [1.165, 1.54) is 0 Å².